The van der Waals surface area contributed by atoms with Gasteiger partial charge in [0.25, 0.3) is 0 Å². The molecule has 1 heterocycles. The Bertz CT molecular complexity index is 672. The molecule has 1 aliphatic rings. The maximum Gasteiger partial charge on any atom is 0.422 e. The van der Waals surface area contributed by atoms with E-state index in [2.05, 4.69) is 15.3 Å². The number of ether oxygens (including phenoxy) is 1. The molecular weight excluding hydrogens is 307 g/mol. The lowest BCUT2D eigenvalue weighted by molar-refractivity contribution is -0.153. The van der Waals surface area contributed by atoms with E-state index in [1.807, 2.05) is 0 Å². The van der Waals surface area contributed by atoms with Crippen molar-refractivity contribution in [2.45, 2.75) is 31.5 Å². The quantitative estimate of drug-likeness (QED) is 0.875. The van der Waals surface area contributed by atoms with E-state index in [1.165, 1.54) is 6.07 Å². The third-order valence-electron chi connectivity index (χ3n) is 3.44. The average Bonchev–Trinajstić information content (AvgIpc) is 3.36. The highest BCUT2D eigenvalue weighted by molar-refractivity contribution is 5.39. The Morgan fingerprint density at radius 3 is 2.70 bits per heavy atom. The predicted octanol–water partition coefficient (Wildman–Crippen LogP) is 3.91. The minimum Gasteiger partial charge on any atom is -0.484 e. The monoisotopic (exact) mass is 323 g/mol. The molecule has 0 radical (unpaired) electrons. The first-order valence-electron chi connectivity index (χ1n) is 7.35. The van der Waals surface area contributed by atoms with Gasteiger partial charge in [-0.25, -0.2) is 9.97 Å². The van der Waals surface area contributed by atoms with Gasteiger partial charge in [-0.2, -0.15) is 13.2 Å². The lowest BCUT2D eigenvalue weighted by atomic mass is 10.2. The van der Waals surface area contributed by atoms with Crippen LogP contribution in [-0.4, -0.2) is 22.8 Å². The van der Waals surface area contributed by atoms with Gasteiger partial charge in [-0.05, 0) is 25.0 Å². The molecule has 1 aromatic carbocycles. The molecule has 7 heteroatoms. The fraction of sp³-hybridized carbons (Fsp3) is 0.375. The zero-order valence-corrected chi connectivity index (χ0v) is 12.3. The summed E-state index contributed by atoms with van der Waals surface area (Å²) >= 11 is 0. The number of hydrogen-bond donors (Lipinski definition) is 1. The Hall–Kier alpha value is -2.31. The van der Waals surface area contributed by atoms with Gasteiger partial charge in [-0.15, -0.1) is 0 Å². The maximum absolute atomic E-state index is 12.3. The lowest BCUT2D eigenvalue weighted by Crippen LogP contribution is -2.20. The molecule has 0 aliphatic heterocycles. The molecule has 1 aromatic heterocycles. The van der Waals surface area contributed by atoms with Crippen molar-refractivity contribution in [3.05, 3.63) is 47.9 Å². The van der Waals surface area contributed by atoms with Crippen LogP contribution in [0.2, 0.25) is 0 Å². The molecule has 0 unspecified atom stereocenters. The molecule has 0 atom stereocenters. The first-order chi connectivity index (χ1) is 11.0. The summed E-state index contributed by atoms with van der Waals surface area (Å²) in [4.78, 5) is 8.65. The molecule has 0 saturated heterocycles. The maximum atomic E-state index is 12.3. The van der Waals surface area contributed by atoms with Gasteiger partial charge in [0.15, 0.2) is 6.61 Å². The van der Waals surface area contributed by atoms with Crippen LogP contribution < -0.4 is 10.1 Å². The highest BCUT2D eigenvalue weighted by Gasteiger charge is 2.29. The number of halogens is 3. The van der Waals surface area contributed by atoms with Crippen LogP contribution in [-0.2, 0) is 6.54 Å². The second-order valence-corrected chi connectivity index (χ2v) is 5.44. The van der Waals surface area contributed by atoms with Crippen LogP contribution >= 0.6 is 0 Å². The Morgan fingerprint density at radius 2 is 1.96 bits per heavy atom. The van der Waals surface area contributed by atoms with Crippen molar-refractivity contribution in [1.29, 1.82) is 0 Å². The smallest absolute Gasteiger partial charge is 0.422 e. The van der Waals surface area contributed by atoms with Crippen molar-refractivity contribution in [2.24, 2.45) is 0 Å². The van der Waals surface area contributed by atoms with Gasteiger partial charge < -0.3 is 10.1 Å². The molecular formula is C16H16F3N3O. The first kappa shape index (κ1) is 15.6. The van der Waals surface area contributed by atoms with E-state index in [9.17, 15) is 13.2 Å². The first-order valence-corrected chi connectivity index (χ1v) is 7.35. The molecule has 0 spiro atoms. The number of anilines is 1. The van der Waals surface area contributed by atoms with Crippen molar-refractivity contribution in [3.8, 4) is 5.75 Å². The van der Waals surface area contributed by atoms with Crippen LogP contribution in [0.15, 0.2) is 36.5 Å². The normalized spacial score (nSPS) is 14.6. The number of nitrogens with one attached hydrogen (secondary N) is 1. The summed E-state index contributed by atoms with van der Waals surface area (Å²) < 4.78 is 41.7. The van der Waals surface area contributed by atoms with Crippen LogP contribution in [0, 0.1) is 0 Å². The van der Waals surface area contributed by atoms with Crippen molar-refractivity contribution < 1.29 is 17.9 Å². The SMILES string of the molecule is FC(F)(F)COc1ccccc1CNc1ccnc(C2CC2)n1. The van der Waals surface area contributed by atoms with Crippen molar-refractivity contribution in [1.82, 2.24) is 9.97 Å². The molecule has 1 N–H and O–H groups in total. The Labute approximate surface area is 131 Å². The van der Waals surface area contributed by atoms with Gasteiger partial charge in [-0.3, -0.25) is 0 Å². The van der Waals surface area contributed by atoms with E-state index in [-0.39, 0.29) is 5.75 Å². The summed E-state index contributed by atoms with van der Waals surface area (Å²) in [7, 11) is 0. The minimum atomic E-state index is -4.35. The van der Waals surface area contributed by atoms with Gasteiger partial charge in [0.2, 0.25) is 0 Å². The van der Waals surface area contributed by atoms with Gasteiger partial charge in [0.1, 0.15) is 17.4 Å². The van der Waals surface area contributed by atoms with Crippen molar-refractivity contribution in [3.63, 3.8) is 0 Å². The minimum absolute atomic E-state index is 0.216. The zero-order chi connectivity index (χ0) is 16.3. The largest absolute Gasteiger partial charge is 0.484 e. The van der Waals surface area contributed by atoms with E-state index in [4.69, 9.17) is 4.74 Å². The van der Waals surface area contributed by atoms with Gasteiger partial charge >= 0.3 is 6.18 Å². The average molecular weight is 323 g/mol. The highest BCUT2D eigenvalue weighted by Crippen LogP contribution is 2.38. The molecule has 122 valence electrons. The number of rotatable bonds is 6. The molecule has 1 saturated carbocycles. The third-order valence-corrected chi connectivity index (χ3v) is 3.44. The van der Waals surface area contributed by atoms with E-state index >= 15 is 0 Å². The highest BCUT2D eigenvalue weighted by atomic mass is 19.4. The molecule has 23 heavy (non-hydrogen) atoms. The molecule has 4 nitrogen and oxygen atoms in total. The van der Waals surface area contributed by atoms with E-state index < -0.39 is 12.8 Å². The molecule has 0 bridgehead atoms. The number of hydrogen-bond acceptors (Lipinski definition) is 4. The third kappa shape index (κ3) is 4.58. The number of alkyl halides is 3. The fourth-order valence-electron chi connectivity index (χ4n) is 2.15. The summed E-state index contributed by atoms with van der Waals surface area (Å²) in [6.07, 6.45) is -0.448. The van der Waals surface area contributed by atoms with Crippen LogP contribution in [0.1, 0.15) is 30.1 Å². The summed E-state index contributed by atoms with van der Waals surface area (Å²) in [6.45, 7) is -0.974. The summed E-state index contributed by atoms with van der Waals surface area (Å²) in [5, 5.41) is 3.11. The predicted molar refractivity (Wildman–Crippen MR) is 79.3 cm³/mol. The van der Waals surface area contributed by atoms with Crippen molar-refractivity contribution >= 4 is 5.82 Å². The molecule has 0 amide bonds. The second kappa shape index (κ2) is 6.44. The molecule has 1 aliphatic carbocycles. The Morgan fingerprint density at radius 1 is 1.17 bits per heavy atom. The standard InChI is InChI=1S/C16H16F3N3O/c17-16(18,19)10-23-13-4-2-1-3-12(13)9-21-14-7-8-20-15(22-14)11-5-6-11/h1-4,7-8,11H,5-6,9-10H2,(H,20,21,22). The molecule has 2 aromatic rings. The number of para-hydroxylation sites is 1. The van der Waals surface area contributed by atoms with E-state index in [1.54, 1.807) is 30.5 Å². The Kier molecular flexibility index (Phi) is 4.36. The molecule has 3 rings (SSSR count). The number of nitrogens with zero attached hydrogens (tertiary/aromatic N) is 2. The van der Waals surface area contributed by atoms with Crippen LogP contribution in [0.25, 0.3) is 0 Å². The van der Waals surface area contributed by atoms with Gasteiger partial charge in [-0.1, -0.05) is 18.2 Å². The van der Waals surface area contributed by atoms with E-state index in [0.717, 1.165) is 18.7 Å². The summed E-state index contributed by atoms with van der Waals surface area (Å²) in [5.74, 6) is 2.14. The number of benzene rings is 1. The second-order valence-electron chi connectivity index (χ2n) is 5.44. The Balaban J connectivity index is 1.64. The van der Waals surface area contributed by atoms with Crippen molar-refractivity contribution in [2.75, 3.05) is 11.9 Å². The van der Waals surface area contributed by atoms with Gasteiger partial charge in [0.05, 0.1) is 0 Å². The van der Waals surface area contributed by atoms with E-state index in [0.29, 0.717) is 23.8 Å². The fourth-order valence-corrected chi connectivity index (χ4v) is 2.15. The van der Waals surface area contributed by atoms with Gasteiger partial charge in [0, 0.05) is 24.2 Å². The van der Waals surface area contributed by atoms with Crippen LogP contribution in [0.5, 0.6) is 5.75 Å². The molecule has 1 fully saturated rings. The topological polar surface area (TPSA) is 47.0 Å². The summed E-state index contributed by atoms with van der Waals surface area (Å²) in [6, 6.07) is 8.39. The number of aromatic nitrogens is 2. The van der Waals surface area contributed by atoms with Crippen LogP contribution in [0.3, 0.4) is 0 Å². The van der Waals surface area contributed by atoms with Crippen LogP contribution in [0.4, 0.5) is 19.0 Å². The lowest BCUT2D eigenvalue weighted by Gasteiger charge is -2.14. The zero-order valence-electron chi connectivity index (χ0n) is 12.3. The summed E-state index contributed by atoms with van der Waals surface area (Å²) in [5.41, 5.74) is 0.642.